The Morgan fingerprint density at radius 2 is 2.22 bits per heavy atom. The van der Waals surface area contributed by atoms with Crippen molar-refractivity contribution in [3.8, 4) is 0 Å². The molecule has 2 heterocycles. The van der Waals surface area contributed by atoms with E-state index in [-0.39, 0.29) is 10.7 Å². The molecule has 0 bridgehead atoms. The van der Waals surface area contributed by atoms with Crippen molar-refractivity contribution in [2.45, 2.75) is 20.4 Å². The van der Waals surface area contributed by atoms with Gasteiger partial charge in [-0.3, -0.25) is 4.79 Å². The molecule has 1 N–H and O–H groups in total. The van der Waals surface area contributed by atoms with E-state index < -0.39 is 0 Å². The van der Waals surface area contributed by atoms with Crippen molar-refractivity contribution in [1.82, 2.24) is 15.1 Å². The number of hydrogen-bond donors (Lipinski definition) is 1. The highest BCUT2D eigenvalue weighted by atomic mass is 35.5. The molecule has 0 radical (unpaired) electrons. The fourth-order valence-corrected chi connectivity index (χ4v) is 1.72. The third-order valence-corrected chi connectivity index (χ3v) is 2.53. The molecule has 2 rings (SSSR count). The Morgan fingerprint density at radius 1 is 1.44 bits per heavy atom. The smallest absolute Gasteiger partial charge is 0.156 e. The van der Waals surface area contributed by atoms with Gasteiger partial charge in [0.15, 0.2) is 6.29 Å². The van der Waals surface area contributed by atoms with Gasteiger partial charge in [-0.25, -0.2) is 9.97 Å². The molecule has 94 valence electrons. The first kappa shape index (κ1) is 12.5. The first-order valence-corrected chi connectivity index (χ1v) is 5.63. The highest BCUT2D eigenvalue weighted by Gasteiger charge is 2.11. The van der Waals surface area contributed by atoms with Crippen LogP contribution in [0.1, 0.15) is 27.6 Å². The Balaban J connectivity index is 2.20. The van der Waals surface area contributed by atoms with E-state index in [1.807, 2.05) is 0 Å². The Bertz CT molecular complexity index is 582. The third-order valence-electron chi connectivity index (χ3n) is 2.24. The maximum atomic E-state index is 10.9. The number of nitrogens with one attached hydrogen (secondary N) is 1. The standard InChI is InChI=1S/C11H11ClN4O2/c1-6-3-8(16-18-6)4-13-11-9(5-17)10(12)14-7(2)15-11/h3,5H,4H2,1-2H3,(H,13,14,15). The molecule has 0 saturated heterocycles. The average molecular weight is 267 g/mol. The Morgan fingerprint density at radius 3 is 2.83 bits per heavy atom. The average Bonchev–Trinajstić information content (AvgIpc) is 2.72. The van der Waals surface area contributed by atoms with Crippen LogP contribution in [0.5, 0.6) is 0 Å². The van der Waals surface area contributed by atoms with Gasteiger partial charge < -0.3 is 9.84 Å². The largest absolute Gasteiger partial charge is 0.364 e. The summed E-state index contributed by atoms with van der Waals surface area (Å²) in [6, 6.07) is 1.79. The zero-order valence-electron chi connectivity index (χ0n) is 9.90. The summed E-state index contributed by atoms with van der Waals surface area (Å²) in [7, 11) is 0. The van der Waals surface area contributed by atoms with Gasteiger partial charge in [-0.05, 0) is 13.8 Å². The van der Waals surface area contributed by atoms with Gasteiger partial charge in [0.1, 0.15) is 28.2 Å². The SMILES string of the molecule is Cc1nc(Cl)c(C=O)c(NCc2cc(C)on2)n1. The van der Waals surface area contributed by atoms with Crippen LogP contribution in [0.3, 0.4) is 0 Å². The third kappa shape index (κ3) is 2.65. The number of nitrogens with zero attached hydrogens (tertiary/aromatic N) is 3. The van der Waals surface area contributed by atoms with Crippen molar-refractivity contribution in [3.63, 3.8) is 0 Å². The summed E-state index contributed by atoms with van der Waals surface area (Å²) < 4.78 is 4.94. The number of carbonyl (C=O) groups is 1. The summed E-state index contributed by atoms with van der Waals surface area (Å²) in [5.41, 5.74) is 0.958. The topological polar surface area (TPSA) is 80.9 Å². The second kappa shape index (κ2) is 5.14. The molecule has 0 aliphatic carbocycles. The Kier molecular flexibility index (Phi) is 3.57. The van der Waals surface area contributed by atoms with Crippen molar-refractivity contribution in [2.24, 2.45) is 0 Å². The van der Waals surface area contributed by atoms with E-state index in [0.29, 0.717) is 24.5 Å². The van der Waals surface area contributed by atoms with Gasteiger partial charge in [-0.2, -0.15) is 0 Å². The first-order valence-electron chi connectivity index (χ1n) is 5.25. The van der Waals surface area contributed by atoms with Crippen LogP contribution < -0.4 is 5.32 Å². The molecule has 0 fully saturated rings. The summed E-state index contributed by atoms with van der Waals surface area (Å²) >= 11 is 5.86. The van der Waals surface area contributed by atoms with Crippen LogP contribution >= 0.6 is 11.6 Å². The molecular weight excluding hydrogens is 256 g/mol. The van der Waals surface area contributed by atoms with Gasteiger partial charge in [0.25, 0.3) is 0 Å². The number of aldehydes is 1. The van der Waals surface area contributed by atoms with Gasteiger partial charge in [0, 0.05) is 6.07 Å². The van der Waals surface area contributed by atoms with Gasteiger partial charge in [-0.15, -0.1) is 0 Å². The minimum absolute atomic E-state index is 0.135. The van der Waals surface area contributed by atoms with Crippen LogP contribution in [0.4, 0.5) is 5.82 Å². The van der Waals surface area contributed by atoms with Crippen LogP contribution in [0.2, 0.25) is 5.15 Å². The number of aromatic nitrogens is 3. The molecule has 7 heteroatoms. The van der Waals surface area contributed by atoms with Crippen molar-refractivity contribution >= 4 is 23.7 Å². The molecule has 0 atom stereocenters. The summed E-state index contributed by atoms with van der Waals surface area (Å²) in [4.78, 5) is 19.0. The highest BCUT2D eigenvalue weighted by Crippen LogP contribution is 2.19. The Labute approximate surface area is 108 Å². The fourth-order valence-electron chi connectivity index (χ4n) is 1.46. The van der Waals surface area contributed by atoms with Gasteiger partial charge in [-0.1, -0.05) is 16.8 Å². The zero-order chi connectivity index (χ0) is 13.1. The number of carbonyl (C=O) groups excluding carboxylic acids is 1. The van der Waals surface area contributed by atoms with Crippen LogP contribution in [-0.4, -0.2) is 21.4 Å². The van der Waals surface area contributed by atoms with Crippen LogP contribution in [0, 0.1) is 13.8 Å². The fraction of sp³-hybridized carbons (Fsp3) is 0.273. The highest BCUT2D eigenvalue weighted by molar-refractivity contribution is 6.32. The zero-order valence-corrected chi connectivity index (χ0v) is 10.7. The number of hydrogen-bond acceptors (Lipinski definition) is 6. The maximum absolute atomic E-state index is 10.9. The number of aryl methyl sites for hydroxylation is 2. The minimum atomic E-state index is 0.135. The predicted octanol–water partition coefficient (Wildman–Crippen LogP) is 2.16. The van der Waals surface area contributed by atoms with Crippen molar-refractivity contribution < 1.29 is 9.32 Å². The van der Waals surface area contributed by atoms with Crippen LogP contribution in [-0.2, 0) is 6.54 Å². The van der Waals surface area contributed by atoms with Crippen molar-refractivity contribution in [1.29, 1.82) is 0 Å². The lowest BCUT2D eigenvalue weighted by Crippen LogP contribution is -2.07. The van der Waals surface area contributed by atoms with Gasteiger partial charge in [0.05, 0.1) is 12.1 Å². The number of rotatable bonds is 4. The lowest BCUT2D eigenvalue weighted by molar-refractivity contribution is 0.112. The van der Waals surface area contributed by atoms with E-state index in [4.69, 9.17) is 16.1 Å². The molecule has 0 aliphatic rings. The minimum Gasteiger partial charge on any atom is -0.364 e. The summed E-state index contributed by atoms with van der Waals surface area (Å²) in [6.45, 7) is 3.90. The number of halogens is 1. The van der Waals surface area contributed by atoms with Crippen molar-refractivity contribution in [2.75, 3.05) is 5.32 Å². The molecule has 18 heavy (non-hydrogen) atoms. The predicted molar refractivity (Wildman–Crippen MR) is 65.7 cm³/mol. The van der Waals surface area contributed by atoms with E-state index in [1.165, 1.54) is 0 Å². The van der Waals surface area contributed by atoms with Crippen LogP contribution in [0.25, 0.3) is 0 Å². The molecule has 0 saturated carbocycles. The maximum Gasteiger partial charge on any atom is 0.156 e. The van der Waals surface area contributed by atoms with E-state index >= 15 is 0 Å². The normalized spacial score (nSPS) is 10.4. The number of anilines is 1. The monoisotopic (exact) mass is 266 g/mol. The molecule has 0 spiro atoms. The molecule has 0 unspecified atom stereocenters. The second-order valence-corrected chi connectivity index (χ2v) is 4.08. The van der Waals surface area contributed by atoms with Crippen LogP contribution in [0.15, 0.2) is 10.6 Å². The molecule has 2 aromatic rings. The first-order chi connectivity index (χ1) is 8.60. The van der Waals surface area contributed by atoms with E-state index in [2.05, 4.69) is 20.4 Å². The lowest BCUT2D eigenvalue weighted by atomic mass is 10.3. The van der Waals surface area contributed by atoms with E-state index in [0.717, 1.165) is 11.5 Å². The summed E-state index contributed by atoms with van der Waals surface area (Å²) in [6.07, 6.45) is 0.623. The van der Waals surface area contributed by atoms with E-state index in [1.54, 1.807) is 19.9 Å². The molecule has 0 aliphatic heterocycles. The quantitative estimate of drug-likeness (QED) is 0.675. The molecular formula is C11H11ClN4O2. The second-order valence-electron chi connectivity index (χ2n) is 3.72. The molecule has 0 amide bonds. The Hall–Kier alpha value is -1.95. The van der Waals surface area contributed by atoms with Gasteiger partial charge in [0.2, 0.25) is 0 Å². The molecule has 2 aromatic heterocycles. The summed E-state index contributed by atoms with van der Waals surface area (Å²) in [5.74, 6) is 1.60. The summed E-state index contributed by atoms with van der Waals surface area (Å²) in [5, 5.41) is 6.95. The van der Waals surface area contributed by atoms with Gasteiger partial charge >= 0.3 is 0 Å². The molecule has 6 nitrogen and oxygen atoms in total. The molecule has 0 aromatic carbocycles. The van der Waals surface area contributed by atoms with E-state index in [9.17, 15) is 4.79 Å². The van der Waals surface area contributed by atoms with Crippen molar-refractivity contribution in [3.05, 3.63) is 34.1 Å². The lowest BCUT2D eigenvalue weighted by Gasteiger charge is -2.07.